The third-order valence-corrected chi connectivity index (χ3v) is 4.03. The molecule has 0 radical (unpaired) electrons. The molecule has 2 aliphatic carbocycles. The summed E-state index contributed by atoms with van der Waals surface area (Å²) in [6.07, 6.45) is 11.6. The molecule has 1 atom stereocenters. The van der Waals surface area contributed by atoms with Gasteiger partial charge in [0, 0.05) is 6.04 Å². The van der Waals surface area contributed by atoms with E-state index >= 15 is 0 Å². The summed E-state index contributed by atoms with van der Waals surface area (Å²) in [5.74, 6) is 0. The second-order valence-electron chi connectivity index (χ2n) is 4.65. The zero-order valence-corrected chi connectivity index (χ0v) is 8.22. The first-order valence-electron chi connectivity index (χ1n) is 5.57. The van der Waals surface area contributed by atoms with E-state index in [4.69, 9.17) is 0 Å². The molecule has 1 N–H and O–H groups in total. The van der Waals surface area contributed by atoms with Gasteiger partial charge in [0.15, 0.2) is 0 Å². The maximum absolute atomic E-state index is 10.5. The van der Waals surface area contributed by atoms with Crippen LogP contribution in [0, 0.1) is 5.41 Å². The average Bonchev–Trinajstić information content (AvgIpc) is 2.52. The highest BCUT2D eigenvalue weighted by molar-refractivity contribution is 5.47. The van der Waals surface area contributed by atoms with E-state index in [0.717, 1.165) is 6.41 Å². The Bertz CT molecular complexity index is 185. The number of carbonyl (C=O) groups excluding carboxylic acids is 1. The normalized spacial score (nSPS) is 31.8. The molecule has 2 saturated carbocycles. The maximum Gasteiger partial charge on any atom is 0.207 e. The molecule has 0 saturated heterocycles. The van der Waals surface area contributed by atoms with Crippen molar-refractivity contribution in [3.05, 3.63) is 0 Å². The number of nitrogens with one attached hydrogen (secondary N) is 1. The Morgan fingerprint density at radius 3 is 2.46 bits per heavy atom. The van der Waals surface area contributed by atoms with Crippen LogP contribution >= 0.6 is 0 Å². The van der Waals surface area contributed by atoms with Crippen molar-refractivity contribution >= 4 is 6.41 Å². The van der Waals surface area contributed by atoms with Crippen molar-refractivity contribution in [1.29, 1.82) is 0 Å². The van der Waals surface area contributed by atoms with Gasteiger partial charge in [-0.3, -0.25) is 4.79 Å². The SMILES string of the molecule is O=CNC1CCCC12CCCCC2. The van der Waals surface area contributed by atoms with Crippen molar-refractivity contribution < 1.29 is 4.79 Å². The minimum Gasteiger partial charge on any atom is -0.355 e. The van der Waals surface area contributed by atoms with E-state index in [0.29, 0.717) is 11.5 Å². The van der Waals surface area contributed by atoms with Crippen LogP contribution in [0.5, 0.6) is 0 Å². The number of rotatable bonds is 2. The molecule has 0 aromatic rings. The van der Waals surface area contributed by atoms with Crippen molar-refractivity contribution in [1.82, 2.24) is 5.32 Å². The van der Waals surface area contributed by atoms with Crippen LogP contribution in [0.15, 0.2) is 0 Å². The van der Waals surface area contributed by atoms with Gasteiger partial charge in [0.1, 0.15) is 0 Å². The molecule has 1 spiro atoms. The van der Waals surface area contributed by atoms with E-state index in [1.807, 2.05) is 0 Å². The standard InChI is InChI=1S/C11H19NO/c13-9-12-10-5-4-8-11(10)6-2-1-3-7-11/h9-10H,1-8H2,(H,12,13). The minimum atomic E-state index is 0.491. The Labute approximate surface area is 80.1 Å². The highest BCUT2D eigenvalue weighted by Crippen LogP contribution is 2.48. The highest BCUT2D eigenvalue weighted by atomic mass is 16.1. The van der Waals surface area contributed by atoms with E-state index in [1.54, 1.807) is 0 Å². The first-order valence-corrected chi connectivity index (χ1v) is 5.57. The van der Waals surface area contributed by atoms with E-state index in [-0.39, 0.29) is 0 Å². The first-order chi connectivity index (χ1) is 6.37. The first kappa shape index (κ1) is 9.04. The van der Waals surface area contributed by atoms with Crippen LogP contribution in [0.2, 0.25) is 0 Å². The molecule has 0 aromatic heterocycles. The number of hydrogen-bond donors (Lipinski definition) is 1. The zero-order chi connectivity index (χ0) is 9.15. The summed E-state index contributed by atoms with van der Waals surface area (Å²) in [7, 11) is 0. The molecule has 13 heavy (non-hydrogen) atoms. The van der Waals surface area contributed by atoms with E-state index < -0.39 is 0 Å². The van der Waals surface area contributed by atoms with Crippen LogP contribution in [0.1, 0.15) is 51.4 Å². The van der Waals surface area contributed by atoms with Gasteiger partial charge in [-0.05, 0) is 31.1 Å². The summed E-state index contributed by atoms with van der Waals surface area (Å²) in [6.45, 7) is 0. The summed E-state index contributed by atoms with van der Waals surface area (Å²) in [5.41, 5.74) is 0.499. The molecule has 0 heterocycles. The molecular weight excluding hydrogens is 162 g/mol. The van der Waals surface area contributed by atoms with Gasteiger partial charge in [0.05, 0.1) is 0 Å². The molecule has 2 fully saturated rings. The largest absolute Gasteiger partial charge is 0.355 e. The van der Waals surface area contributed by atoms with Gasteiger partial charge in [-0.1, -0.05) is 25.7 Å². The lowest BCUT2D eigenvalue weighted by molar-refractivity contribution is -0.111. The van der Waals surface area contributed by atoms with Crippen molar-refractivity contribution in [2.45, 2.75) is 57.4 Å². The number of carbonyl (C=O) groups is 1. The molecular formula is C11H19NO. The lowest BCUT2D eigenvalue weighted by Crippen LogP contribution is -2.41. The van der Waals surface area contributed by atoms with Gasteiger partial charge in [0.25, 0.3) is 0 Å². The van der Waals surface area contributed by atoms with Crippen molar-refractivity contribution in [3.63, 3.8) is 0 Å². The fourth-order valence-corrected chi connectivity index (χ4v) is 3.34. The monoisotopic (exact) mass is 181 g/mol. The molecule has 0 bridgehead atoms. The van der Waals surface area contributed by atoms with Gasteiger partial charge in [-0.25, -0.2) is 0 Å². The van der Waals surface area contributed by atoms with Crippen LogP contribution in [-0.2, 0) is 4.79 Å². The summed E-state index contributed by atoms with van der Waals surface area (Å²) >= 11 is 0. The van der Waals surface area contributed by atoms with Crippen LogP contribution in [0.4, 0.5) is 0 Å². The van der Waals surface area contributed by atoms with E-state index in [2.05, 4.69) is 5.32 Å². The van der Waals surface area contributed by atoms with Crippen molar-refractivity contribution in [2.75, 3.05) is 0 Å². The summed E-state index contributed by atoms with van der Waals surface area (Å²) in [4.78, 5) is 10.5. The molecule has 0 aromatic carbocycles. The Kier molecular flexibility index (Phi) is 2.56. The smallest absolute Gasteiger partial charge is 0.207 e. The van der Waals surface area contributed by atoms with Crippen LogP contribution in [0.3, 0.4) is 0 Å². The summed E-state index contributed by atoms with van der Waals surface area (Å²) < 4.78 is 0. The third kappa shape index (κ3) is 1.59. The molecule has 2 rings (SSSR count). The second kappa shape index (κ2) is 3.69. The topological polar surface area (TPSA) is 29.1 Å². The van der Waals surface area contributed by atoms with E-state index in [1.165, 1.54) is 51.4 Å². The lowest BCUT2D eigenvalue weighted by atomic mass is 9.70. The Morgan fingerprint density at radius 1 is 1.08 bits per heavy atom. The van der Waals surface area contributed by atoms with Crippen molar-refractivity contribution in [3.8, 4) is 0 Å². The Hall–Kier alpha value is -0.530. The zero-order valence-electron chi connectivity index (χ0n) is 8.22. The average molecular weight is 181 g/mol. The van der Waals surface area contributed by atoms with Gasteiger partial charge in [-0.15, -0.1) is 0 Å². The summed E-state index contributed by atoms with van der Waals surface area (Å²) in [6, 6.07) is 0.491. The molecule has 1 unspecified atom stereocenters. The van der Waals surface area contributed by atoms with Gasteiger partial charge in [-0.2, -0.15) is 0 Å². The lowest BCUT2D eigenvalue weighted by Gasteiger charge is -2.38. The van der Waals surface area contributed by atoms with Gasteiger partial charge in [0.2, 0.25) is 6.41 Å². The fourth-order valence-electron chi connectivity index (χ4n) is 3.34. The Balaban J connectivity index is 2.04. The van der Waals surface area contributed by atoms with Crippen LogP contribution in [-0.4, -0.2) is 12.5 Å². The number of amides is 1. The molecule has 74 valence electrons. The number of hydrogen-bond acceptors (Lipinski definition) is 1. The molecule has 1 amide bonds. The van der Waals surface area contributed by atoms with Crippen molar-refractivity contribution in [2.24, 2.45) is 5.41 Å². The molecule has 2 heteroatoms. The predicted molar refractivity (Wildman–Crippen MR) is 52.4 cm³/mol. The fraction of sp³-hybridized carbons (Fsp3) is 0.909. The van der Waals surface area contributed by atoms with Crippen LogP contribution in [0.25, 0.3) is 0 Å². The van der Waals surface area contributed by atoms with E-state index in [9.17, 15) is 4.79 Å². The van der Waals surface area contributed by atoms with Gasteiger partial charge >= 0.3 is 0 Å². The predicted octanol–water partition coefficient (Wildman–Crippen LogP) is 2.24. The Morgan fingerprint density at radius 2 is 1.77 bits per heavy atom. The molecule has 0 aliphatic heterocycles. The van der Waals surface area contributed by atoms with Crippen LogP contribution < -0.4 is 5.32 Å². The molecule has 2 nitrogen and oxygen atoms in total. The second-order valence-corrected chi connectivity index (χ2v) is 4.65. The minimum absolute atomic E-state index is 0.491. The highest BCUT2D eigenvalue weighted by Gasteiger charge is 2.42. The summed E-state index contributed by atoms with van der Waals surface area (Å²) in [5, 5.41) is 3.02. The maximum atomic E-state index is 10.5. The third-order valence-electron chi connectivity index (χ3n) is 4.03. The molecule has 2 aliphatic rings. The van der Waals surface area contributed by atoms with Gasteiger partial charge < -0.3 is 5.32 Å². The quantitative estimate of drug-likeness (QED) is 0.650.